The molecule has 0 radical (unpaired) electrons. The van der Waals surface area contributed by atoms with Crippen LogP contribution in [0.2, 0.25) is 0 Å². The highest BCUT2D eigenvalue weighted by Crippen LogP contribution is 2.33. The van der Waals surface area contributed by atoms with E-state index in [0.29, 0.717) is 0 Å². The predicted octanol–water partition coefficient (Wildman–Crippen LogP) is -0.144. The van der Waals surface area contributed by atoms with Crippen LogP contribution in [0, 0.1) is 0 Å². The molecular weight excluding hydrogens is 298 g/mol. The van der Waals surface area contributed by atoms with Crippen molar-refractivity contribution in [3.05, 3.63) is 23.3 Å². The van der Waals surface area contributed by atoms with Gasteiger partial charge in [0, 0.05) is 12.1 Å². The number of rotatable bonds is 7. The van der Waals surface area contributed by atoms with Gasteiger partial charge in [-0.3, -0.25) is 14.5 Å². The van der Waals surface area contributed by atoms with E-state index < -0.39 is 42.5 Å². The zero-order valence-corrected chi connectivity index (χ0v) is 11.6. The molecule has 22 heavy (non-hydrogen) atoms. The zero-order valence-electron chi connectivity index (χ0n) is 11.6. The fraction of sp³-hybridized carbons (Fsp3) is 0.308. The molecular formula is C13H15NO8. The second-order valence-electron chi connectivity index (χ2n) is 4.39. The van der Waals surface area contributed by atoms with Crippen LogP contribution in [-0.4, -0.2) is 63.4 Å². The first-order valence-electron chi connectivity index (χ1n) is 6.04. The molecule has 0 saturated heterocycles. The van der Waals surface area contributed by atoms with Gasteiger partial charge in [-0.05, 0) is 6.07 Å². The number of aliphatic carboxylic acids is 2. The standard InChI is InChI=1S/C13H15NO8/c1-22-13(21)8-3-2-7(11(19)12(8)20)4-14(5-9(15)16)6-10(17)18/h2-3,19-20H,4-6H2,1H3,(H,15,16)(H,17,18). The van der Waals surface area contributed by atoms with E-state index in [1.54, 1.807) is 0 Å². The third-order valence-electron chi connectivity index (χ3n) is 2.75. The third kappa shape index (κ3) is 4.35. The van der Waals surface area contributed by atoms with Crippen molar-refractivity contribution in [3.63, 3.8) is 0 Å². The Morgan fingerprint density at radius 1 is 1.05 bits per heavy atom. The Balaban J connectivity index is 3.05. The number of esters is 1. The lowest BCUT2D eigenvalue weighted by atomic mass is 10.1. The van der Waals surface area contributed by atoms with Crippen LogP contribution >= 0.6 is 0 Å². The molecule has 0 aromatic heterocycles. The van der Waals surface area contributed by atoms with E-state index >= 15 is 0 Å². The Hall–Kier alpha value is -2.81. The van der Waals surface area contributed by atoms with E-state index in [1.165, 1.54) is 12.1 Å². The number of aromatic hydroxyl groups is 2. The van der Waals surface area contributed by atoms with Crippen LogP contribution in [0.4, 0.5) is 0 Å². The van der Waals surface area contributed by atoms with Gasteiger partial charge >= 0.3 is 17.9 Å². The Bertz CT molecular complexity index is 582. The molecule has 0 fully saturated rings. The molecule has 0 spiro atoms. The smallest absolute Gasteiger partial charge is 0.341 e. The lowest BCUT2D eigenvalue weighted by molar-refractivity contribution is -0.142. The summed E-state index contributed by atoms with van der Waals surface area (Å²) in [5, 5.41) is 37.1. The van der Waals surface area contributed by atoms with E-state index in [-0.39, 0.29) is 17.7 Å². The second kappa shape index (κ2) is 7.27. The maximum atomic E-state index is 11.4. The monoisotopic (exact) mass is 313 g/mol. The molecule has 4 N–H and O–H groups in total. The molecule has 1 rings (SSSR count). The Labute approximate surface area is 125 Å². The summed E-state index contributed by atoms with van der Waals surface area (Å²) in [6, 6.07) is 2.47. The second-order valence-corrected chi connectivity index (χ2v) is 4.39. The minimum Gasteiger partial charge on any atom is -0.504 e. The number of methoxy groups -OCH3 is 1. The molecule has 9 heteroatoms. The van der Waals surface area contributed by atoms with Gasteiger partial charge < -0.3 is 25.2 Å². The summed E-state index contributed by atoms with van der Waals surface area (Å²) in [6.45, 7) is -1.37. The summed E-state index contributed by atoms with van der Waals surface area (Å²) in [6.07, 6.45) is 0. The van der Waals surface area contributed by atoms with E-state index in [9.17, 15) is 24.6 Å². The van der Waals surface area contributed by atoms with Gasteiger partial charge in [0.05, 0.1) is 20.2 Å². The Morgan fingerprint density at radius 3 is 2.05 bits per heavy atom. The lowest BCUT2D eigenvalue weighted by Gasteiger charge is -2.19. The zero-order chi connectivity index (χ0) is 16.9. The van der Waals surface area contributed by atoms with Crippen molar-refractivity contribution in [2.45, 2.75) is 6.54 Å². The molecule has 9 nitrogen and oxygen atoms in total. The first kappa shape index (κ1) is 17.2. The lowest BCUT2D eigenvalue weighted by Crippen LogP contribution is -2.34. The van der Waals surface area contributed by atoms with Gasteiger partial charge in [-0.2, -0.15) is 0 Å². The minimum atomic E-state index is -1.24. The summed E-state index contributed by atoms with van der Waals surface area (Å²) in [5.41, 5.74) is -0.181. The summed E-state index contributed by atoms with van der Waals surface area (Å²) >= 11 is 0. The van der Waals surface area contributed by atoms with Crippen LogP contribution < -0.4 is 0 Å². The maximum Gasteiger partial charge on any atom is 0.341 e. The maximum absolute atomic E-state index is 11.4. The SMILES string of the molecule is COC(=O)c1ccc(CN(CC(=O)O)CC(=O)O)c(O)c1O. The van der Waals surface area contributed by atoms with Gasteiger partial charge in [0.2, 0.25) is 0 Å². The first-order chi connectivity index (χ1) is 10.3. The molecule has 0 bridgehead atoms. The number of phenols is 2. The van der Waals surface area contributed by atoms with Crippen molar-refractivity contribution in [1.82, 2.24) is 4.90 Å². The molecule has 0 amide bonds. The molecule has 0 aliphatic rings. The number of carboxylic acids is 2. The Kier molecular flexibility index (Phi) is 5.70. The van der Waals surface area contributed by atoms with Gasteiger partial charge in [-0.1, -0.05) is 6.07 Å². The van der Waals surface area contributed by atoms with Crippen molar-refractivity contribution in [2.24, 2.45) is 0 Å². The first-order valence-corrected chi connectivity index (χ1v) is 6.04. The largest absolute Gasteiger partial charge is 0.504 e. The molecule has 0 heterocycles. The van der Waals surface area contributed by atoms with Crippen molar-refractivity contribution >= 4 is 17.9 Å². The number of carbonyl (C=O) groups excluding carboxylic acids is 1. The topological polar surface area (TPSA) is 145 Å². The number of phenolic OH excluding ortho intramolecular Hbond substituents is 2. The third-order valence-corrected chi connectivity index (χ3v) is 2.75. The van der Waals surface area contributed by atoms with E-state index in [0.717, 1.165) is 12.0 Å². The molecule has 1 aromatic rings. The summed E-state index contributed by atoms with van der Waals surface area (Å²) in [4.78, 5) is 33.8. The van der Waals surface area contributed by atoms with E-state index in [2.05, 4.69) is 4.74 Å². The molecule has 0 unspecified atom stereocenters. The Morgan fingerprint density at radius 2 is 1.59 bits per heavy atom. The minimum absolute atomic E-state index is 0.0765. The van der Waals surface area contributed by atoms with Crippen molar-refractivity contribution in [1.29, 1.82) is 0 Å². The summed E-state index contributed by atoms with van der Waals surface area (Å²) < 4.78 is 4.42. The van der Waals surface area contributed by atoms with Gasteiger partial charge in [0.15, 0.2) is 11.5 Å². The van der Waals surface area contributed by atoms with Gasteiger partial charge in [0.1, 0.15) is 5.56 Å². The number of hydrogen-bond donors (Lipinski definition) is 4. The summed E-state index contributed by atoms with van der Waals surface area (Å²) in [7, 11) is 1.11. The quantitative estimate of drug-likeness (QED) is 0.399. The van der Waals surface area contributed by atoms with Crippen LogP contribution in [0.3, 0.4) is 0 Å². The van der Waals surface area contributed by atoms with Crippen LogP contribution in [-0.2, 0) is 20.9 Å². The average molecular weight is 313 g/mol. The van der Waals surface area contributed by atoms with Crippen LogP contribution in [0.5, 0.6) is 11.5 Å². The number of benzene rings is 1. The normalized spacial score (nSPS) is 10.5. The average Bonchev–Trinajstić information content (AvgIpc) is 2.42. The van der Waals surface area contributed by atoms with Crippen LogP contribution in [0.1, 0.15) is 15.9 Å². The molecule has 0 aliphatic carbocycles. The number of nitrogens with zero attached hydrogens (tertiary/aromatic N) is 1. The molecule has 0 aliphatic heterocycles. The molecule has 0 atom stereocenters. The number of ether oxygens (including phenoxy) is 1. The van der Waals surface area contributed by atoms with Crippen molar-refractivity contribution < 1.29 is 39.5 Å². The predicted molar refractivity (Wildman–Crippen MR) is 71.7 cm³/mol. The van der Waals surface area contributed by atoms with Crippen LogP contribution in [0.25, 0.3) is 0 Å². The van der Waals surface area contributed by atoms with Crippen LogP contribution in [0.15, 0.2) is 12.1 Å². The number of carbonyl (C=O) groups is 3. The van der Waals surface area contributed by atoms with E-state index in [4.69, 9.17) is 10.2 Å². The highest BCUT2D eigenvalue weighted by Gasteiger charge is 2.21. The highest BCUT2D eigenvalue weighted by molar-refractivity contribution is 5.93. The number of carboxylic acid groups (broad SMARTS) is 2. The molecule has 1 aromatic carbocycles. The molecule has 120 valence electrons. The fourth-order valence-electron chi connectivity index (χ4n) is 1.81. The molecule has 0 saturated carbocycles. The van der Waals surface area contributed by atoms with Gasteiger partial charge in [-0.25, -0.2) is 4.79 Å². The van der Waals surface area contributed by atoms with Gasteiger partial charge in [-0.15, -0.1) is 0 Å². The highest BCUT2D eigenvalue weighted by atomic mass is 16.5. The number of hydrogen-bond acceptors (Lipinski definition) is 7. The van der Waals surface area contributed by atoms with Gasteiger partial charge in [0.25, 0.3) is 0 Å². The fourth-order valence-corrected chi connectivity index (χ4v) is 1.81. The van der Waals surface area contributed by atoms with E-state index in [1.807, 2.05) is 0 Å². The van der Waals surface area contributed by atoms with Crippen molar-refractivity contribution in [3.8, 4) is 11.5 Å². The van der Waals surface area contributed by atoms with Crippen molar-refractivity contribution in [2.75, 3.05) is 20.2 Å². The summed E-state index contributed by atoms with van der Waals surface area (Å²) in [5.74, 6) is -4.68.